The first-order valence-electron chi connectivity index (χ1n) is 9.91. The highest BCUT2D eigenvalue weighted by atomic mass is 16.6. The van der Waals surface area contributed by atoms with Crippen LogP contribution in [0.2, 0.25) is 0 Å². The van der Waals surface area contributed by atoms with E-state index in [0.29, 0.717) is 12.1 Å². The molecule has 2 rings (SSSR count). The van der Waals surface area contributed by atoms with E-state index in [1.165, 1.54) is 37.8 Å². The summed E-state index contributed by atoms with van der Waals surface area (Å²) in [7, 11) is 0. The van der Waals surface area contributed by atoms with Crippen LogP contribution in [0.3, 0.4) is 0 Å². The molecule has 0 atom stereocenters. The number of hydrogen-bond acceptors (Lipinski definition) is 3. The molecule has 0 fully saturated rings. The Morgan fingerprint density at radius 1 is 0.964 bits per heavy atom. The second-order valence-corrected chi connectivity index (χ2v) is 6.80. The molecule has 2 aromatic carbocycles. The number of carbonyl (C=O) groups is 1. The standard InChI is InChI=1S/C23H28N2O3/c1-2-3-4-5-6-10-17-24-23(26)22(20-11-8-7-9-12-20)18-19-13-15-21(16-14-19)25(27)28/h7-9,11-16,18H,2-6,10,17H2,1H3,(H,24,26). The first-order valence-corrected chi connectivity index (χ1v) is 9.91. The van der Waals surface area contributed by atoms with Crippen molar-refractivity contribution >= 4 is 23.2 Å². The SMILES string of the molecule is CCCCCCCCNC(=O)C(=Cc1ccc([N+](=O)[O-])cc1)c1ccccc1. The molecule has 2 aromatic rings. The first-order chi connectivity index (χ1) is 13.6. The molecule has 0 radical (unpaired) electrons. The van der Waals surface area contributed by atoms with Gasteiger partial charge in [-0.25, -0.2) is 0 Å². The lowest BCUT2D eigenvalue weighted by Gasteiger charge is -2.10. The molecule has 0 saturated carbocycles. The van der Waals surface area contributed by atoms with Gasteiger partial charge in [-0.1, -0.05) is 69.4 Å². The number of nitro groups is 1. The van der Waals surface area contributed by atoms with E-state index in [9.17, 15) is 14.9 Å². The van der Waals surface area contributed by atoms with E-state index in [2.05, 4.69) is 12.2 Å². The summed E-state index contributed by atoms with van der Waals surface area (Å²) in [5.74, 6) is -0.127. The van der Waals surface area contributed by atoms with Crippen molar-refractivity contribution in [3.05, 3.63) is 75.8 Å². The van der Waals surface area contributed by atoms with E-state index in [1.54, 1.807) is 18.2 Å². The van der Waals surface area contributed by atoms with Crippen LogP contribution < -0.4 is 5.32 Å². The van der Waals surface area contributed by atoms with Gasteiger partial charge in [-0.3, -0.25) is 14.9 Å². The summed E-state index contributed by atoms with van der Waals surface area (Å²) in [6.07, 6.45) is 8.80. The van der Waals surface area contributed by atoms with Crippen molar-refractivity contribution in [2.45, 2.75) is 45.4 Å². The maximum absolute atomic E-state index is 12.8. The molecule has 0 unspecified atom stereocenters. The average molecular weight is 380 g/mol. The normalized spacial score (nSPS) is 11.2. The number of non-ortho nitro benzene ring substituents is 1. The van der Waals surface area contributed by atoms with E-state index in [0.717, 1.165) is 24.0 Å². The Morgan fingerprint density at radius 2 is 1.61 bits per heavy atom. The number of nitro benzene ring substituents is 1. The minimum absolute atomic E-state index is 0.0333. The second kappa shape index (κ2) is 11.7. The molecule has 5 heteroatoms. The number of hydrogen-bond donors (Lipinski definition) is 1. The van der Waals surface area contributed by atoms with Gasteiger partial charge in [-0.05, 0) is 35.8 Å². The first kappa shape index (κ1) is 21.4. The second-order valence-electron chi connectivity index (χ2n) is 6.80. The Bertz CT molecular complexity index is 783. The summed E-state index contributed by atoms with van der Waals surface area (Å²) in [6, 6.07) is 15.7. The molecule has 1 amide bonds. The summed E-state index contributed by atoms with van der Waals surface area (Å²) in [5, 5.41) is 13.8. The third kappa shape index (κ3) is 6.99. The van der Waals surface area contributed by atoms with Gasteiger partial charge in [0.05, 0.1) is 4.92 Å². The van der Waals surface area contributed by atoms with Crippen LogP contribution in [0.1, 0.15) is 56.6 Å². The highest BCUT2D eigenvalue weighted by Gasteiger charge is 2.12. The van der Waals surface area contributed by atoms with Gasteiger partial charge < -0.3 is 5.32 Å². The zero-order chi connectivity index (χ0) is 20.2. The molecular formula is C23H28N2O3. The molecule has 28 heavy (non-hydrogen) atoms. The zero-order valence-corrected chi connectivity index (χ0v) is 16.4. The molecule has 0 spiro atoms. The molecule has 1 N–H and O–H groups in total. The van der Waals surface area contributed by atoms with Crippen LogP contribution in [0.4, 0.5) is 5.69 Å². The van der Waals surface area contributed by atoms with Crippen LogP contribution >= 0.6 is 0 Å². The fourth-order valence-electron chi connectivity index (χ4n) is 2.96. The highest BCUT2D eigenvalue weighted by Crippen LogP contribution is 2.20. The Morgan fingerprint density at radius 3 is 2.25 bits per heavy atom. The van der Waals surface area contributed by atoms with E-state index in [-0.39, 0.29) is 11.6 Å². The monoisotopic (exact) mass is 380 g/mol. The van der Waals surface area contributed by atoms with Crippen molar-refractivity contribution in [3.63, 3.8) is 0 Å². The minimum Gasteiger partial charge on any atom is -0.352 e. The molecule has 0 aliphatic carbocycles. The van der Waals surface area contributed by atoms with Gasteiger partial charge >= 0.3 is 0 Å². The van der Waals surface area contributed by atoms with E-state index in [1.807, 2.05) is 30.3 Å². The van der Waals surface area contributed by atoms with Crippen LogP contribution in [0, 0.1) is 10.1 Å². The Labute approximate surface area is 166 Å². The Hall–Kier alpha value is -2.95. The number of carbonyl (C=O) groups excluding carboxylic acids is 1. The Balaban J connectivity index is 2.05. The zero-order valence-electron chi connectivity index (χ0n) is 16.4. The lowest BCUT2D eigenvalue weighted by Crippen LogP contribution is -2.25. The predicted molar refractivity (Wildman–Crippen MR) is 114 cm³/mol. The molecule has 0 bridgehead atoms. The fourth-order valence-corrected chi connectivity index (χ4v) is 2.96. The minimum atomic E-state index is -0.432. The quantitative estimate of drug-likeness (QED) is 0.181. The average Bonchev–Trinajstić information content (AvgIpc) is 2.72. The van der Waals surface area contributed by atoms with Gasteiger partial charge in [0.2, 0.25) is 0 Å². The molecule has 0 aromatic heterocycles. The summed E-state index contributed by atoms with van der Waals surface area (Å²) >= 11 is 0. The van der Waals surface area contributed by atoms with Gasteiger partial charge in [0, 0.05) is 24.3 Å². The third-order valence-electron chi connectivity index (χ3n) is 4.56. The Kier molecular flexibility index (Phi) is 8.92. The number of amides is 1. The number of nitrogens with zero attached hydrogens (tertiary/aromatic N) is 1. The third-order valence-corrected chi connectivity index (χ3v) is 4.56. The molecule has 5 nitrogen and oxygen atoms in total. The van der Waals surface area contributed by atoms with E-state index in [4.69, 9.17) is 0 Å². The van der Waals surface area contributed by atoms with Gasteiger partial charge in [-0.2, -0.15) is 0 Å². The number of benzene rings is 2. The van der Waals surface area contributed by atoms with Gasteiger partial charge in [0.25, 0.3) is 11.6 Å². The molecule has 148 valence electrons. The van der Waals surface area contributed by atoms with Crippen LogP contribution in [0.5, 0.6) is 0 Å². The van der Waals surface area contributed by atoms with Crippen LogP contribution in [-0.4, -0.2) is 17.4 Å². The summed E-state index contributed by atoms with van der Waals surface area (Å²) in [5.41, 5.74) is 2.16. The highest BCUT2D eigenvalue weighted by molar-refractivity contribution is 6.24. The van der Waals surface area contributed by atoms with E-state index < -0.39 is 4.92 Å². The molecule has 0 aliphatic heterocycles. The van der Waals surface area contributed by atoms with Gasteiger partial charge in [0.1, 0.15) is 0 Å². The summed E-state index contributed by atoms with van der Waals surface area (Å²) < 4.78 is 0. The molecule has 0 aliphatic rings. The van der Waals surface area contributed by atoms with Crippen molar-refractivity contribution in [1.29, 1.82) is 0 Å². The maximum Gasteiger partial charge on any atom is 0.269 e. The topological polar surface area (TPSA) is 72.2 Å². The van der Waals surface area contributed by atoms with Crippen LogP contribution in [-0.2, 0) is 4.79 Å². The maximum atomic E-state index is 12.8. The number of unbranched alkanes of at least 4 members (excludes halogenated alkanes) is 5. The largest absolute Gasteiger partial charge is 0.352 e. The summed E-state index contributed by atoms with van der Waals surface area (Å²) in [6.45, 7) is 2.85. The fraction of sp³-hybridized carbons (Fsp3) is 0.348. The van der Waals surface area contributed by atoms with Crippen LogP contribution in [0.25, 0.3) is 11.6 Å². The molecule has 0 heterocycles. The van der Waals surface area contributed by atoms with Gasteiger partial charge in [-0.15, -0.1) is 0 Å². The molecule has 0 saturated heterocycles. The van der Waals surface area contributed by atoms with Crippen LogP contribution in [0.15, 0.2) is 54.6 Å². The molecular weight excluding hydrogens is 352 g/mol. The summed E-state index contributed by atoms with van der Waals surface area (Å²) in [4.78, 5) is 23.2. The predicted octanol–water partition coefficient (Wildman–Crippen LogP) is 5.61. The number of nitrogens with one attached hydrogen (secondary N) is 1. The van der Waals surface area contributed by atoms with Crippen molar-refractivity contribution in [3.8, 4) is 0 Å². The smallest absolute Gasteiger partial charge is 0.269 e. The lowest BCUT2D eigenvalue weighted by molar-refractivity contribution is -0.384. The van der Waals surface area contributed by atoms with Crippen molar-refractivity contribution in [1.82, 2.24) is 5.32 Å². The van der Waals surface area contributed by atoms with Crippen molar-refractivity contribution in [2.24, 2.45) is 0 Å². The van der Waals surface area contributed by atoms with Gasteiger partial charge in [0.15, 0.2) is 0 Å². The lowest BCUT2D eigenvalue weighted by atomic mass is 10.0. The van der Waals surface area contributed by atoms with Crippen molar-refractivity contribution in [2.75, 3.05) is 6.54 Å². The van der Waals surface area contributed by atoms with Crippen molar-refractivity contribution < 1.29 is 9.72 Å². The van der Waals surface area contributed by atoms with E-state index >= 15 is 0 Å². The number of rotatable bonds is 11.